The van der Waals surface area contributed by atoms with Crippen LogP contribution in [0.2, 0.25) is 0 Å². The second-order valence-corrected chi connectivity index (χ2v) is 5.62. The molecule has 0 aromatic carbocycles. The van der Waals surface area contributed by atoms with E-state index < -0.39 is 0 Å². The summed E-state index contributed by atoms with van der Waals surface area (Å²) in [6.07, 6.45) is 5.39. The first kappa shape index (κ1) is 15.3. The summed E-state index contributed by atoms with van der Waals surface area (Å²) in [6, 6.07) is -0.276. The standard InChI is InChI=1S/C15H23N5O/c1-10(2)14-16-6-7-20(14)12(4)15(21)17-8-13-9-18-19(5)11(13)3/h6-7,9-10,12H,8H2,1-5H3,(H,17,21). The number of amides is 1. The van der Waals surface area contributed by atoms with Crippen molar-refractivity contribution < 1.29 is 4.79 Å². The van der Waals surface area contributed by atoms with Gasteiger partial charge in [-0.05, 0) is 13.8 Å². The Kier molecular flexibility index (Phi) is 4.45. The zero-order valence-corrected chi connectivity index (χ0v) is 13.3. The Hall–Kier alpha value is -2.11. The van der Waals surface area contributed by atoms with Crippen LogP contribution in [-0.2, 0) is 18.4 Å². The normalized spacial score (nSPS) is 12.7. The number of rotatable bonds is 5. The topological polar surface area (TPSA) is 64.7 Å². The zero-order valence-electron chi connectivity index (χ0n) is 13.3. The number of hydrogen-bond donors (Lipinski definition) is 1. The van der Waals surface area contributed by atoms with Crippen LogP contribution in [0.3, 0.4) is 0 Å². The van der Waals surface area contributed by atoms with Crippen molar-refractivity contribution in [3.05, 3.63) is 35.7 Å². The van der Waals surface area contributed by atoms with Gasteiger partial charge in [-0.2, -0.15) is 5.10 Å². The van der Waals surface area contributed by atoms with Gasteiger partial charge in [0.15, 0.2) is 0 Å². The van der Waals surface area contributed by atoms with Gasteiger partial charge in [-0.1, -0.05) is 13.8 Å². The van der Waals surface area contributed by atoms with Gasteiger partial charge in [0.2, 0.25) is 5.91 Å². The third-order valence-corrected chi connectivity index (χ3v) is 3.80. The van der Waals surface area contributed by atoms with Crippen molar-refractivity contribution in [1.82, 2.24) is 24.6 Å². The average Bonchev–Trinajstić information content (AvgIpc) is 3.05. The lowest BCUT2D eigenvalue weighted by molar-refractivity contribution is -0.124. The molecule has 6 heteroatoms. The minimum absolute atomic E-state index is 0.0156. The van der Waals surface area contributed by atoms with Gasteiger partial charge in [-0.25, -0.2) is 4.98 Å². The largest absolute Gasteiger partial charge is 0.350 e. The highest BCUT2D eigenvalue weighted by Gasteiger charge is 2.19. The van der Waals surface area contributed by atoms with E-state index in [0.29, 0.717) is 6.54 Å². The molecule has 114 valence electrons. The first-order chi connectivity index (χ1) is 9.91. The van der Waals surface area contributed by atoms with Crippen LogP contribution in [0.25, 0.3) is 0 Å². The summed E-state index contributed by atoms with van der Waals surface area (Å²) in [5, 5.41) is 7.14. The maximum Gasteiger partial charge on any atom is 0.243 e. The van der Waals surface area contributed by atoms with Crippen LogP contribution in [0.5, 0.6) is 0 Å². The molecule has 0 fully saturated rings. The summed E-state index contributed by atoms with van der Waals surface area (Å²) < 4.78 is 3.73. The molecule has 2 rings (SSSR count). The molecular weight excluding hydrogens is 266 g/mol. The lowest BCUT2D eigenvalue weighted by Crippen LogP contribution is -2.31. The lowest BCUT2D eigenvalue weighted by atomic mass is 10.2. The van der Waals surface area contributed by atoms with E-state index in [9.17, 15) is 4.79 Å². The van der Waals surface area contributed by atoms with Gasteiger partial charge in [0.1, 0.15) is 11.9 Å². The molecule has 2 aromatic rings. The zero-order chi connectivity index (χ0) is 15.6. The summed E-state index contributed by atoms with van der Waals surface area (Å²) in [6.45, 7) is 8.52. The van der Waals surface area contributed by atoms with Gasteiger partial charge >= 0.3 is 0 Å². The molecular formula is C15H23N5O. The molecule has 0 bridgehead atoms. The smallest absolute Gasteiger partial charge is 0.243 e. The SMILES string of the molecule is Cc1c(CNC(=O)C(C)n2ccnc2C(C)C)cnn1C. The number of imidazole rings is 1. The molecule has 0 aliphatic heterocycles. The maximum absolute atomic E-state index is 12.3. The van der Waals surface area contributed by atoms with Crippen molar-refractivity contribution in [2.24, 2.45) is 7.05 Å². The highest BCUT2D eigenvalue weighted by molar-refractivity contribution is 5.80. The summed E-state index contributed by atoms with van der Waals surface area (Å²) in [7, 11) is 1.89. The Morgan fingerprint density at radius 3 is 2.67 bits per heavy atom. The number of carbonyl (C=O) groups is 1. The Balaban J connectivity index is 2.03. The molecule has 1 unspecified atom stereocenters. The van der Waals surface area contributed by atoms with Gasteiger partial charge < -0.3 is 9.88 Å². The Labute approximate surface area is 125 Å². The van der Waals surface area contributed by atoms with Crippen LogP contribution < -0.4 is 5.32 Å². The molecule has 6 nitrogen and oxygen atoms in total. The third-order valence-electron chi connectivity index (χ3n) is 3.80. The number of carbonyl (C=O) groups excluding carboxylic acids is 1. The summed E-state index contributed by atoms with van der Waals surface area (Å²) >= 11 is 0. The molecule has 21 heavy (non-hydrogen) atoms. The van der Waals surface area contributed by atoms with E-state index in [0.717, 1.165) is 17.1 Å². The van der Waals surface area contributed by atoms with E-state index in [1.807, 2.05) is 31.7 Å². The van der Waals surface area contributed by atoms with Crippen molar-refractivity contribution in [2.45, 2.75) is 46.2 Å². The van der Waals surface area contributed by atoms with E-state index in [-0.39, 0.29) is 17.9 Å². The summed E-state index contributed by atoms with van der Waals surface area (Å²) in [4.78, 5) is 16.6. The van der Waals surface area contributed by atoms with Crippen LogP contribution in [0.15, 0.2) is 18.6 Å². The average molecular weight is 289 g/mol. The molecule has 0 saturated carbocycles. The van der Waals surface area contributed by atoms with Crippen molar-refractivity contribution in [3.8, 4) is 0 Å². The first-order valence-electron chi connectivity index (χ1n) is 7.19. The van der Waals surface area contributed by atoms with E-state index >= 15 is 0 Å². The molecule has 0 saturated heterocycles. The minimum Gasteiger partial charge on any atom is -0.350 e. The monoisotopic (exact) mass is 289 g/mol. The number of aryl methyl sites for hydroxylation is 1. The lowest BCUT2D eigenvalue weighted by Gasteiger charge is -2.17. The Morgan fingerprint density at radius 2 is 2.10 bits per heavy atom. The van der Waals surface area contributed by atoms with Crippen molar-refractivity contribution >= 4 is 5.91 Å². The summed E-state index contributed by atoms with van der Waals surface area (Å²) in [5.74, 6) is 1.20. The molecule has 0 radical (unpaired) electrons. The molecule has 1 amide bonds. The summed E-state index contributed by atoms with van der Waals surface area (Å²) in [5.41, 5.74) is 2.10. The molecule has 1 N–H and O–H groups in total. The van der Waals surface area contributed by atoms with Crippen LogP contribution in [0.1, 0.15) is 49.8 Å². The molecule has 1 atom stereocenters. The molecule has 0 spiro atoms. The quantitative estimate of drug-likeness (QED) is 0.914. The van der Waals surface area contributed by atoms with Crippen LogP contribution in [0.4, 0.5) is 0 Å². The van der Waals surface area contributed by atoms with Gasteiger partial charge in [0.05, 0.1) is 6.20 Å². The Bertz CT molecular complexity index is 626. The number of nitrogens with zero attached hydrogens (tertiary/aromatic N) is 4. The highest BCUT2D eigenvalue weighted by Crippen LogP contribution is 2.17. The van der Waals surface area contributed by atoms with Crippen LogP contribution >= 0.6 is 0 Å². The van der Waals surface area contributed by atoms with Gasteiger partial charge in [-0.15, -0.1) is 0 Å². The second kappa shape index (κ2) is 6.11. The molecule has 0 aliphatic carbocycles. The number of nitrogens with one attached hydrogen (secondary N) is 1. The van der Waals surface area contributed by atoms with Gasteiger partial charge in [-0.3, -0.25) is 9.48 Å². The third kappa shape index (κ3) is 3.15. The van der Waals surface area contributed by atoms with E-state index in [1.165, 1.54) is 0 Å². The van der Waals surface area contributed by atoms with Crippen molar-refractivity contribution in [1.29, 1.82) is 0 Å². The fourth-order valence-electron chi connectivity index (χ4n) is 2.27. The predicted octanol–water partition coefficient (Wildman–Crippen LogP) is 1.93. The number of hydrogen-bond acceptors (Lipinski definition) is 3. The van der Waals surface area contributed by atoms with E-state index in [1.54, 1.807) is 17.1 Å². The number of aromatic nitrogens is 4. The van der Waals surface area contributed by atoms with Crippen molar-refractivity contribution in [2.75, 3.05) is 0 Å². The van der Waals surface area contributed by atoms with Crippen LogP contribution in [-0.4, -0.2) is 25.2 Å². The van der Waals surface area contributed by atoms with Gasteiger partial charge in [0, 0.05) is 43.2 Å². The Morgan fingerprint density at radius 1 is 1.38 bits per heavy atom. The fraction of sp³-hybridized carbons (Fsp3) is 0.533. The van der Waals surface area contributed by atoms with E-state index in [4.69, 9.17) is 0 Å². The second-order valence-electron chi connectivity index (χ2n) is 5.62. The van der Waals surface area contributed by atoms with Crippen molar-refractivity contribution in [3.63, 3.8) is 0 Å². The fourth-order valence-corrected chi connectivity index (χ4v) is 2.27. The van der Waals surface area contributed by atoms with E-state index in [2.05, 4.69) is 29.2 Å². The van der Waals surface area contributed by atoms with Crippen LogP contribution in [0, 0.1) is 6.92 Å². The minimum atomic E-state index is -0.276. The first-order valence-corrected chi connectivity index (χ1v) is 7.19. The molecule has 2 aromatic heterocycles. The molecule has 2 heterocycles. The highest BCUT2D eigenvalue weighted by atomic mass is 16.2. The maximum atomic E-state index is 12.3. The van der Waals surface area contributed by atoms with Gasteiger partial charge in [0.25, 0.3) is 0 Å². The predicted molar refractivity (Wildman–Crippen MR) is 80.8 cm³/mol. The molecule has 0 aliphatic rings.